The highest BCUT2D eigenvalue weighted by molar-refractivity contribution is 5.70. The molecule has 0 fully saturated rings. The smallest absolute Gasteiger partial charge is 0.407 e. The Labute approximate surface area is 164 Å². The Bertz CT molecular complexity index is 793. The Morgan fingerprint density at radius 2 is 1.86 bits per heavy atom. The zero-order chi connectivity index (χ0) is 20.7. The maximum absolute atomic E-state index is 12.0. The monoisotopic (exact) mass is 389 g/mol. The molecule has 0 spiro atoms. The predicted octanol–water partition coefficient (Wildman–Crippen LogP) is 3.95. The van der Waals surface area contributed by atoms with Crippen molar-refractivity contribution in [2.75, 3.05) is 6.54 Å². The second-order valence-corrected chi connectivity index (χ2v) is 7.48. The first-order valence-electron chi connectivity index (χ1n) is 9.21. The van der Waals surface area contributed by atoms with Crippen molar-refractivity contribution in [1.82, 2.24) is 15.5 Å². The second-order valence-electron chi connectivity index (χ2n) is 7.48. The zero-order valence-electron chi connectivity index (χ0n) is 16.9. The zero-order valence-corrected chi connectivity index (χ0v) is 16.9. The third-order valence-corrected chi connectivity index (χ3v) is 3.62. The van der Waals surface area contributed by atoms with E-state index in [2.05, 4.69) is 15.5 Å². The van der Waals surface area contributed by atoms with E-state index in [-0.39, 0.29) is 12.3 Å². The molecule has 1 amide bonds. The lowest BCUT2D eigenvalue weighted by atomic mass is 10.1. The van der Waals surface area contributed by atoms with E-state index in [9.17, 15) is 9.59 Å². The molecule has 0 unspecified atom stereocenters. The molecule has 2 aromatic rings. The summed E-state index contributed by atoms with van der Waals surface area (Å²) in [5.74, 6) is 0.198. The van der Waals surface area contributed by atoms with E-state index in [1.54, 1.807) is 27.7 Å². The van der Waals surface area contributed by atoms with Gasteiger partial charge in [-0.05, 0) is 53.2 Å². The molecular formula is C20H27N3O5. The van der Waals surface area contributed by atoms with Crippen LogP contribution in [0.2, 0.25) is 0 Å². The number of carbonyl (C=O) groups excluding carboxylic acids is 2. The third kappa shape index (κ3) is 7.02. The van der Waals surface area contributed by atoms with Crippen LogP contribution in [-0.2, 0) is 14.3 Å². The average Bonchev–Trinajstić information content (AvgIpc) is 3.08. The first-order valence-corrected chi connectivity index (χ1v) is 9.21. The number of benzene rings is 1. The number of aryl methyl sites for hydroxylation is 1. The van der Waals surface area contributed by atoms with Crippen LogP contribution in [0.25, 0.3) is 11.5 Å². The van der Waals surface area contributed by atoms with Crippen LogP contribution in [0.5, 0.6) is 0 Å². The number of nitrogens with one attached hydrogen (secondary N) is 1. The van der Waals surface area contributed by atoms with Gasteiger partial charge in [-0.2, -0.15) is 0 Å². The lowest BCUT2D eigenvalue weighted by Crippen LogP contribution is -2.33. The SMILES string of the molecule is Cc1ccc(-c2nnc([C@@H](C)OC(=O)CCCNC(=O)OC(C)(C)C)o2)cc1. The first kappa shape index (κ1) is 21.4. The summed E-state index contributed by atoms with van der Waals surface area (Å²) in [6, 6.07) is 7.68. The van der Waals surface area contributed by atoms with Gasteiger partial charge in [0.2, 0.25) is 5.89 Å². The number of hydrogen-bond acceptors (Lipinski definition) is 7. The van der Waals surface area contributed by atoms with Gasteiger partial charge >= 0.3 is 12.1 Å². The van der Waals surface area contributed by atoms with Gasteiger partial charge in [0.05, 0.1) is 0 Å². The minimum atomic E-state index is -0.655. The van der Waals surface area contributed by atoms with Gasteiger partial charge in [-0.3, -0.25) is 4.79 Å². The fourth-order valence-electron chi connectivity index (χ4n) is 2.26. The lowest BCUT2D eigenvalue weighted by molar-refractivity contribution is -0.149. The molecule has 0 aliphatic heterocycles. The topological polar surface area (TPSA) is 104 Å². The Kier molecular flexibility index (Phi) is 7.14. The number of esters is 1. The van der Waals surface area contributed by atoms with E-state index in [1.165, 1.54) is 0 Å². The summed E-state index contributed by atoms with van der Waals surface area (Å²) < 4.78 is 16.0. The van der Waals surface area contributed by atoms with Crippen molar-refractivity contribution < 1.29 is 23.5 Å². The fourth-order valence-corrected chi connectivity index (χ4v) is 2.26. The van der Waals surface area contributed by atoms with Crippen LogP contribution in [-0.4, -0.2) is 34.4 Å². The number of hydrogen-bond donors (Lipinski definition) is 1. The van der Waals surface area contributed by atoms with Crippen molar-refractivity contribution in [3.8, 4) is 11.5 Å². The fraction of sp³-hybridized carbons (Fsp3) is 0.500. The normalized spacial score (nSPS) is 12.3. The van der Waals surface area contributed by atoms with Gasteiger partial charge < -0.3 is 19.2 Å². The van der Waals surface area contributed by atoms with Gasteiger partial charge in [-0.1, -0.05) is 17.7 Å². The van der Waals surface area contributed by atoms with Gasteiger partial charge in [0, 0.05) is 18.5 Å². The van der Waals surface area contributed by atoms with Crippen LogP contribution in [0.1, 0.15) is 58.1 Å². The predicted molar refractivity (Wildman–Crippen MR) is 102 cm³/mol. The number of rotatable bonds is 7. The molecular weight excluding hydrogens is 362 g/mol. The Hall–Kier alpha value is -2.90. The molecule has 0 saturated heterocycles. The largest absolute Gasteiger partial charge is 0.453 e. The molecule has 1 N–H and O–H groups in total. The van der Waals surface area contributed by atoms with Crippen molar-refractivity contribution in [2.45, 2.75) is 59.2 Å². The summed E-state index contributed by atoms with van der Waals surface area (Å²) >= 11 is 0. The maximum Gasteiger partial charge on any atom is 0.407 e. The van der Waals surface area contributed by atoms with E-state index in [0.717, 1.165) is 11.1 Å². The summed E-state index contributed by atoms with van der Waals surface area (Å²) in [4.78, 5) is 23.5. The number of aromatic nitrogens is 2. The van der Waals surface area contributed by atoms with E-state index in [1.807, 2.05) is 31.2 Å². The quantitative estimate of drug-likeness (QED) is 0.565. The summed E-state index contributed by atoms with van der Waals surface area (Å²) in [6.07, 6.45) is -0.579. The highest BCUT2D eigenvalue weighted by Crippen LogP contribution is 2.23. The van der Waals surface area contributed by atoms with Crippen molar-refractivity contribution in [2.24, 2.45) is 0 Å². The third-order valence-electron chi connectivity index (χ3n) is 3.62. The number of alkyl carbamates (subject to hydrolysis) is 1. The molecule has 1 aromatic carbocycles. The Morgan fingerprint density at radius 1 is 1.18 bits per heavy atom. The molecule has 0 bridgehead atoms. The molecule has 0 aliphatic carbocycles. The van der Waals surface area contributed by atoms with Crippen molar-refractivity contribution >= 4 is 12.1 Å². The number of amides is 1. The summed E-state index contributed by atoms with van der Waals surface area (Å²) in [5.41, 5.74) is 1.38. The minimum absolute atomic E-state index is 0.152. The minimum Gasteiger partial charge on any atom is -0.453 e. The Balaban J connectivity index is 1.75. The molecule has 8 nitrogen and oxygen atoms in total. The van der Waals surface area contributed by atoms with Crippen LogP contribution in [0.3, 0.4) is 0 Å². The van der Waals surface area contributed by atoms with Gasteiger partial charge in [0.25, 0.3) is 5.89 Å². The molecule has 1 aromatic heterocycles. The summed E-state index contributed by atoms with van der Waals surface area (Å²) in [7, 11) is 0. The summed E-state index contributed by atoms with van der Waals surface area (Å²) in [5, 5.41) is 10.5. The molecule has 8 heteroatoms. The molecule has 1 heterocycles. The van der Waals surface area contributed by atoms with E-state index in [4.69, 9.17) is 13.9 Å². The average molecular weight is 389 g/mol. The Morgan fingerprint density at radius 3 is 2.50 bits per heavy atom. The van der Waals surface area contributed by atoms with E-state index >= 15 is 0 Å². The van der Waals surface area contributed by atoms with Crippen LogP contribution < -0.4 is 5.32 Å². The number of ether oxygens (including phenoxy) is 2. The van der Waals surface area contributed by atoms with E-state index < -0.39 is 23.8 Å². The molecule has 0 aliphatic rings. The standard InChI is InChI=1S/C20H27N3O5/c1-13-8-10-15(11-9-13)18-23-22-17(27-18)14(2)26-16(24)7-6-12-21-19(25)28-20(3,4)5/h8-11,14H,6-7,12H2,1-5H3,(H,21,25)/t14-/m1/s1. The van der Waals surface area contributed by atoms with Gasteiger partial charge in [0.15, 0.2) is 6.10 Å². The molecule has 0 saturated carbocycles. The molecule has 2 rings (SSSR count). The second kappa shape index (κ2) is 9.34. The molecule has 1 atom stereocenters. The van der Waals surface area contributed by atoms with Crippen molar-refractivity contribution in [1.29, 1.82) is 0 Å². The summed E-state index contributed by atoms with van der Waals surface area (Å²) in [6.45, 7) is 9.33. The van der Waals surface area contributed by atoms with E-state index in [0.29, 0.717) is 18.9 Å². The highest BCUT2D eigenvalue weighted by Gasteiger charge is 2.19. The van der Waals surface area contributed by atoms with Gasteiger partial charge in [-0.25, -0.2) is 4.79 Å². The van der Waals surface area contributed by atoms with Crippen LogP contribution in [0, 0.1) is 6.92 Å². The highest BCUT2D eigenvalue weighted by atomic mass is 16.6. The molecule has 152 valence electrons. The molecule has 0 radical (unpaired) electrons. The van der Waals surface area contributed by atoms with Crippen LogP contribution in [0.15, 0.2) is 28.7 Å². The van der Waals surface area contributed by atoms with Crippen LogP contribution >= 0.6 is 0 Å². The first-order chi connectivity index (χ1) is 13.1. The number of carbonyl (C=O) groups is 2. The van der Waals surface area contributed by atoms with Crippen LogP contribution in [0.4, 0.5) is 4.79 Å². The van der Waals surface area contributed by atoms with Crippen molar-refractivity contribution in [3.05, 3.63) is 35.7 Å². The maximum atomic E-state index is 12.0. The van der Waals surface area contributed by atoms with Gasteiger partial charge in [-0.15, -0.1) is 10.2 Å². The lowest BCUT2D eigenvalue weighted by Gasteiger charge is -2.19. The number of nitrogens with zero attached hydrogens (tertiary/aromatic N) is 2. The van der Waals surface area contributed by atoms with Gasteiger partial charge in [0.1, 0.15) is 5.60 Å². The van der Waals surface area contributed by atoms with Crippen molar-refractivity contribution in [3.63, 3.8) is 0 Å². The molecule has 28 heavy (non-hydrogen) atoms.